The topological polar surface area (TPSA) is 76.4 Å². The summed E-state index contributed by atoms with van der Waals surface area (Å²) in [5.41, 5.74) is 9.22. The maximum atomic E-state index is 5.90. The van der Waals surface area contributed by atoms with Crippen molar-refractivity contribution in [1.29, 1.82) is 0 Å². The van der Waals surface area contributed by atoms with Crippen LogP contribution in [0.1, 0.15) is 43.5 Å². The van der Waals surface area contributed by atoms with E-state index in [-0.39, 0.29) is 29.4 Å². The lowest BCUT2D eigenvalue weighted by Crippen LogP contribution is -2.22. The first-order valence-electron chi connectivity index (χ1n) is 7.35. The third-order valence-corrected chi connectivity index (χ3v) is 3.46. The van der Waals surface area contributed by atoms with Crippen molar-refractivity contribution in [2.45, 2.75) is 46.6 Å². The Morgan fingerprint density at radius 2 is 1.96 bits per heavy atom. The molecule has 1 heterocycles. The molecular formula is C17H25IN4O. The number of hydrogen-bond acceptors (Lipinski definition) is 3. The van der Waals surface area contributed by atoms with E-state index in [1.807, 2.05) is 12.1 Å². The Hall–Kier alpha value is -1.57. The summed E-state index contributed by atoms with van der Waals surface area (Å²) in [5.74, 6) is 1.76. The van der Waals surface area contributed by atoms with Crippen LogP contribution in [-0.2, 0) is 12.0 Å². The van der Waals surface area contributed by atoms with Crippen LogP contribution in [0.2, 0.25) is 0 Å². The Morgan fingerprint density at radius 1 is 1.26 bits per heavy atom. The number of aromatic nitrogens is 1. The number of aryl methyl sites for hydroxylation is 2. The molecule has 0 saturated heterocycles. The van der Waals surface area contributed by atoms with Gasteiger partial charge in [-0.05, 0) is 37.1 Å². The van der Waals surface area contributed by atoms with Gasteiger partial charge >= 0.3 is 0 Å². The number of oxazole rings is 1. The van der Waals surface area contributed by atoms with E-state index < -0.39 is 0 Å². The van der Waals surface area contributed by atoms with Crippen LogP contribution in [0.25, 0.3) is 0 Å². The standard InChI is InChI=1S/C17H24N4O.HI/c1-11-6-7-13(8-12(11)2)21-16(18)20-10-15-19-9-14(22-15)17(3,4)5;/h6-9H,10H2,1-5H3,(H3,18,20,21);1H. The molecule has 1 aromatic heterocycles. The molecule has 0 fully saturated rings. The van der Waals surface area contributed by atoms with Gasteiger partial charge in [0, 0.05) is 11.1 Å². The average molecular weight is 428 g/mol. The van der Waals surface area contributed by atoms with Crippen LogP contribution in [0.3, 0.4) is 0 Å². The van der Waals surface area contributed by atoms with Gasteiger partial charge in [0.05, 0.1) is 6.20 Å². The first-order valence-corrected chi connectivity index (χ1v) is 7.35. The maximum absolute atomic E-state index is 5.90. The summed E-state index contributed by atoms with van der Waals surface area (Å²) in [6.07, 6.45) is 1.75. The van der Waals surface area contributed by atoms with E-state index >= 15 is 0 Å². The highest BCUT2D eigenvalue weighted by atomic mass is 127. The quantitative estimate of drug-likeness (QED) is 0.438. The molecule has 126 valence electrons. The third-order valence-electron chi connectivity index (χ3n) is 3.46. The fraction of sp³-hybridized carbons (Fsp3) is 0.412. The molecule has 0 atom stereocenters. The second kappa shape index (κ2) is 7.81. The largest absolute Gasteiger partial charge is 0.443 e. The van der Waals surface area contributed by atoms with Crippen LogP contribution < -0.4 is 11.1 Å². The third kappa shape index (κ3) is 5.53. The van der Waals surface area contributed by atoms with Gasteiger partial charge in [0.1, 0.15) is 12.3 Å². The van der Waals surface area contributed by atoms with Crippen molar-refractivity contribution in [3.05, 3.63) is 47.2 Å². The summed E-state index contributed by atoms with van der Waals surface area (Å²) in [6, 6.07) is 6.07. The van der Waals surface area contributed by atoms with Crippen molar-refractivity contribution in [2.24, 2.45) is 10.7 Å². The van der Waals surface area contributed by atoms with Gasteiger partial charge in [0.15, 0.2) is 5.96 Å². The minimum atomic E-state index is -0.0574. The molecule has 23 heavy (non-hydrogen) atoms. The monoisotopic (exact) mass is 428 g/mol. The number of nitrogens with zero attached hydrogens (tertiary/aromatic N) is 2. The van der Waals surface area contributed by atoms with Gasteiger partial charge in [-0.25, -0.2) is 9.98 Å². The van der Waals surface area contributed by atoms with Crippen LogP contribution in [0.15, 0.2) is 33.8 Å². The van der Waals surface area contributed by atoms with Crippen molar-refractivity contribution in [3.8, 4) is 0 Å². The van der Waals surface area contributed by atoms with Gasteiger partial charge < -0.3 is 15.5 Å². The van der Waals surface area contributed by atoms with Gasteiger partial charge in [-0.1, -0.05) is 26.8 Å². The molecule has 0 aliphatic rings. The minimum Gasteiger partial charge on any atom is -0.443 e. The van der Waals surface area contributed by atoms with E-state index in [4.69, 9.17) is 10.2 Å². The van der Waals surface area contributed by atoms with E-state index in [0.29, 0.717) is 18.4 Å². The van der Waals surface area contributed by atoms with Gasteiger partial charge in [-0.2, -0.15) is 0 Å². The van der Waals surface area contributed by atoms with E-state index in [2.05, 4.69) is 56.0 Å². The lowest BCUT2D eigenvalue weighted by atomic mass is 9.94. The number of anilines is 1. The molecule has 0 aliphatic heterocycles. The molecule has 0 amide bonds. The molecule has 6 heteroatoms. The predicted molar refractivity (Wildman–Crippen MR) is 105 cm³/mol. The first-order chi connectivity index (χ1) is 10.3. The normalized spacial score (nSPS) is 12.0. The molecule has 0 unspecified atom stereocenters. The second-order valence-electron chi connectivity index (χ2n) is 6.49. The predicted octanol–water partition coefficient (Wildman–Crippen LogP) is 4.13. The number of rotatable bonds is 3. The van der Waals surface area contributed by atoms with E-state index in [9.17, 15) is 0 Å². The van der Waals surface area contributed by atoms with Crippen molar-refractivity contribution in [3.63, 3.8) is 0 Å². The van der Waals surface area contributed by atoms with Crippen LogP contribution >= 0.6 is 24.0 Å². The first kappa shape index (κ1) is 19.5. The van der Waals surface area contributed by atoms with E-state index in [0.717, 1.165) is 11.4 Å². The van der Waals surface area contributed by atoms with Crippen molar-refractivity contribution < 1.29 is 4.42 Å². The lowest BCUT2D eigenvalue weighted by molar-refractivity contribution is 0.383. The number of hydrogen-bond donors (Lipinski definition) is 2. The highest BCUT2D eigenvalue weighted by Crippen LogP contribution is 2.22. The summed E-state index contributed by atoms with van der Waals surface area (Å²) < 4.78 is 5.68. The molecule has 0 aliphatic carbocycles. The summed E-state index contributed by atoms with van der Waals surface area (Å²) in [5, 5.41) is 3.08. The summed E-state index contributed by atoms with van der Waals surface area (Å²) in [6.45, 7) is 10.7. The average Bonchev–Trinajstić information content (AvgIpc) is 2.89. The SMILES string of the molecule is Cc1ccc(NC(N)=NCc2ncc(C(C)(C)C)o2)cc1C.I. The Morgan fingerprint density at radius 3 is 2.52 bits per heavy atom. The Bertz CT molecular complexity index is 686. The summed E-state index contributed by atoms with van der Waals surface area (Å²) in [4.78, 5) is 8.49. The molecule has 0 bridgehead atoms. The highest BCUT2D eigenvalue weighted by Gasteiger charge is 2.18. The summed E-state index contributed by atoms with van der Waals surface area (Å²) >= 11 is 0. The fourth-order valence-corrected chi connectivity index (χ4v) is 1.89. The van der Waals surface area contributed by atoms with Gasteiger partial charge in [-0.3, -0.25) is 0 Å². The van der Waals surface area contributed by atoms with Crippen molar-refractivity contribution in [1.82, 2.24) is 4.98 Å². The number of aliphatic imine (C=N–C) groups is 1. The van der Waals surface area contributed by atoms with Gasteiger partial charge in [0.2, 0.25) is 5.89 Å². The van der Waals surface area contributed by atoms with Crippen LogP contribution in [0, 0.1) is 13.8 Å². The highest BCUT2D eigenvalue weighted by molar-refractivity contribution is 14.0. The fourth-order valence-electron chi connectivity index (χ4n) is 1.89. The molecule has 2 rings (SSSR count). The molecule has 0 radical (unpaired) electrons. The Kier molecular flexibility index (Phi) is 6.61. The van der Waals surface area contributed by atoms with Crippen molar-refractivity contribution in [2.75, 3.05) is 5.32 Å². The molecular weight excluding hydrogens is 403 g/mol. The maximum Gasteiger partial charge on any atom is 0.216 e. The smallest absolute Gasteiger partial charge is 0.216 e. The van der Waals surface area contributed by atoms with E-state index in [1.54, 1.807) is 6.20 Å². The van der Waals surface area contributed by atoms with Gasteiger partial charge in [-0.15, -0.1) is 24.0 Å². The van der Waals surface area contributed by atoms with E-state index in [1.165, 1.54) is 11.1 Å². The Labute approximate surface area is 154 Å². The molecule has 2 aromatic rings. The lowest BCUT2D eigenvalue weighted by Gasteiger charge is -2.12. The zero-order valence-electron chi connectivity index (χ0n) is 14.3. The molecule has 0 spiro atoms. The zero-order valence-corrected chi connectivity index (χ0v) is 16.6. The molecule has 5 nitrogen and oxygen atoms in total. The molecule has 3 N–H and O–H groups in total. The Balaban J connectivity index is 0.00000264. The number of benzene rings is 1. The minimum absolute atomic E-state index is 0. The number of nitrogens with two attached hydrogens (primary N) is 1. The van der Waals surface area contributed by atoms with Crippen molar-refractivity contribution >= 4 is 35.6 Å². The van der Waals surface area contributed by atoms with Crippen LogP contribution in [-0.4, -0.2) is 10.9 Å². The zero-order chi connectivity index (χ0) is 16.3. The number of nitrogens with one attached hydrogen (secondary N) is 1. The summed E-state index contributed by atoms with van der Waals surface area (Å²) in [7, 11) is 0. The number of halogens is 1. The van der Waals surface area contributed by atoms with Crippen LogP contribution in [0.5, 0.6) is 0 Å². The number of guanidine groups is 1. The van der Waals surface area contributed by atoms with Crippen LogP contribution in [0.4, 0.5) is 5.69 Å². The molecule has 0 saturated carbocycles. The second-order valence-corrected chi connectivity index (χ2v) is 6.49. The van der Waals surface area contributed by atoms with Gasteiger partial charge in [0.25, 0.3) is 0 Å². The molecule has 1 aromatic carbocycles.